The first-order chi connectivity index (χ1) is 9.60. The molecule has 20 heavy (non-hydrogen) atoms. The van der Waals surface area contributed by atoms with E-state index >= 15 is 0 Å². The second-order valence-corrected chi connectivity index (χ2v) is 4.66. The van der Waals surface area contributed by atoms with Gasteiger partial charge in [0.2, 0.25) is 0 Å². The van der Waals surface area contributed by atoms with Gasteiger partial charge in [0, 0.05) is 17.8 Å². The largest absolute Gasteiger partial charge is 0.478 e. The summed E-state index contributed by atoms with van der Waals surface area (Å²) in [5, 5.41) is 8.85. The Labute approximate surface area is 118 Å². The van der Waals surface area contributed by atoms with E-state index in [2.05, 4.69) is 4.98 Å². The van der Waals surface area contributed by atoms with Crippen LogP contribution in [-0.2, 0) is 4.79 Å². The average molecular weight is 267 g/mol. The summed E-state index contributed by atoms with van der Waals surface area (Å²) in [5.41, 5.74) is 4.83. The molecule has 2 rings (SSSR count). The Morgan fingerprint density at radius 2 is 1.90 bits per heavy atom. The van der Waals surface area contributed by atoms with Gasteiger partial charge in [-0.15, -0.1) is 0 Å². The Hall–Kier alpha value is -2.42. The van der Waals surface area contributed by atoms with E-state index in [4.69, 9.17) is 5.11 Å². The van der Waals surface area contributed by atoms with Crippen LogP contribution < -0.4 is 0 Å². The number of benzene rings is 1. The second kappa shape index (κ2) is 6.15. The molecule has 102 valence electrons. The van der Waals surface area contributed by atoms with Crippen LogP contribution in [0.3, 0.4) is 0 Å². The number of hydrogen-bond donors (Lipinski definition) is 1. The van der Waals surface area contributed by atoms with Gasteiger partial charge in [-0.1, -0.05) is 37.3 Å². The highest BCUT2D eigenvalue weighted by atomic mass is 16.4. The van der Waals surface area contributed by atoms with Crippen molar-refractivity contribution in [1.29, 1.82) is 0 Å². The lowest BCUT2D eigenvalue weighted by Crippen LogP contribution is -1.92. The Balaban J connectivity index is 2.30. The molecule has 0 spiro atoms. The van der Waals surface area contributed by atoms with Gasteiger partial charge in [-0.25, -0.2) is 4.79 Å². The molecule has 1 aromatic heterocycles. The third kappa shape index (κ3) is 3.32. The fourth-order valence-corrected chi connectivity index (χ4v) is 2.03. The van der Waals surface area contributed by atoms with E-state index in [1.54, 1.807) is 0 Å². The van der Waals surface area contributed by atoms with Crippen LogP contribution in [0.1, 0.15) is 24.5 Å². The number of carboxylic acids is 1. The first kappa shape index (κ1) is 14.0. The minimum absolute atomic E-state index is 0.689. The zero-order valence-corrected chi connectivity index (χ0v) is 11.6. The van der Waals surface area contributed by atoms with Gasteiger partial charge in [0.05, 0.1) is 5.69 Å². The summed E-state index contributed by atoms with van der Waals surface area (Å²) in [6.07, 6.45) is 3.79. The number of aliphatic carboxylic acids is 1. The maximum absolute atomic E-state index is 10.8. The smallest absolute Gasteiger partial charge is 0.328 e. The first-order valence-corrected chi connectivity index (χ1v) is 6.57. The molecule has 0 bridgehead atoms. The van der Waals surface area contributed by atoms with E-state index in [1.807, 2.05) is 56.4 Å². The van der Waals surface area contributed by atoms with E-state index < -0.39 is 5.97 Å². The van der Waals surface area contributed by atoms with Crippen LogP contribution >= 0.6 is 0 Å². The Bertz CT molecular complexity index is 625. The molecule has 0 fully saturated rings. The van der Waals surface area contributed by atoms with Gasteiger partial charge in [0.25, 0.3) is 0 Å². The maximum atomic E-state index is 10.8. The Morgan fingerprint density at radius 1 is 1.20 bits per heavy atom. The molecule has 0 aliphatic rings. The lowest BCUT2D eigenvalue weighted by molar-refractivity contribution is -0.131. The molecule has 0 radical (unpaired) electrons. The summed E-state index contributed by atoms with van der Waals surface area (Å²) in [5.74, 6) is -0.911. The fraction of sp³-hybridized carbons (Fsp3) is 0.176. The number of allylic oxidation sites excluding steroid dienone is 1. The van der Waals surface area contributed by atoms with Gasteiger partial charge in [-0.2, -0.15) is 0 Å². The summed E-state index contributed by atoms with van der Waals surface area (Å²) in [7, 11) is 0. The highest BCUT2D eigenvalue weighted by Gasteiger charge is 2.04. The minimum Gasteiger partial charge on any atom is -0.478 e. The highest BCUT2D eigenvalue weighted by molar-refractivity contribution is 5.90. The molecular weight excluding hydrogens is 250 g/mol. The summed E-state index contributed by atoms with van der Waals surface area (Å²) < 4.78 is 0. The standard InChI is InChI=1S/C17H17NO2/c1-3-13(10-17(19)20)14-5-7-15(8-6-14)16-9-4-12(2)11-18-16/h4-11H,3H2,1-2H3,(H,19,20)/b13-10+. The van der Waals surface area contributed by atoms with Gasteiger partial charge in [0.1, 0.15) is 0 Å². The van der Waals surface area contributed by atoms with Crippen molar-refractivity contribution in [3.8, 4) is 11.3 Å². The van der Waals surface area contributed by atoms with Crippen molar-refractivity contribution < 1.29 is 9.90 Å². The van der Waals surface area contributed by atoms with Gasteiger partial charge in [-0.05, 0) is 36.1 Å². The van der Waals surface area contributed by atoms with Gasteiger partial charge in [0.15, 0.2) is 0 Å². The quantitative estimate of drug-likeness (QED) is 0.854. The molecule has 0 saturated heterocycles. The minimum atomic E-state index is -0.911. The summed E-state index contributed by atoms with van der Waals surface area (Å²) in [6.45, 7) is 3.95. The summed E-state index contributed by atoms with van der Waals surface area (Å²) in [4.78, 5) is 15.2. The zero-order chi connectivity index (χ0) is 14.5. The van der Waals surface area contributed by atoms with Crippen LogP contribution in [0.15, 0.2) is 48.7 Å². The molecule has 0 amide bonds. The number of hydrogen-bond acceptors (Lipinski definition) is 2. The molecule has 1 aromatic carbocycles. The van der Waals surface area contributed by atoms with Crippen molar-refractivity contribution in [2.75, 3.05) is 0 Å². The number of rotatable bonds is 4. The monoisotopic (exact) mass is 267 g/mol. The van der Waals surface area contributed by atoms with E-state index in [-0.39, 0.29) is 0 Å². The molecule has 0 aliphatic heterocycles. The first-order valence-electron chi connectivity index (χ1n) is 6.57. The summed E-state index contributed by atoms with van der Waals surface area (Å²) in [6, 6.07) is 11.8. The number of carboxylic acid groups (broad SMARTS) is 1. The number of aromatic nitrogens is 1. The molecular formula is C17H17NO2. The number of nitrogens with zero attached hydrogens (tertiary/aromatic N) is 1. The number of aryl methyl sites for hydroxylation is 1. The van der Waals surface area contributed by atoms with E-state index in [9.17, 15) is 4.79 Å². The normalized spacial score (nSPS) is 11.4. The molecule has 0 unspecified atom stereocenters. The van der Waals surface area contributed by atoms with Gasteiger partial charge >= 0.3 is 5.97 Å². The van der Waals surface area contributed by atoms with Crippen LogP contribution in [0.5, 0.6) is 0 Å². The van der Waals surface area contributed by atoms with Crippen molar-refractivity contribution in [3.63, 3.8) is 0 Å². The highest BCUT2D eigenvalue weighted by Crippen LogP contribution is 2.22. The predicted molar refractivity (Wildman–Crippen MR) is 80.3 cm³/mol. The molecule has 3 nitrogen and oxygen atoms in total. The Morgan fingerprint density at radius 3 is 2.40 bits per heavy atom. The van der Waals surface area contributed by atoms with Crippen molar-refractivity contribution in [1.82, 2.24) is 4.98 Å². The van der Waals surface area contributed by atoms with Crippen LogP contribution in [0, 0.1) is 6.92 Å². The van der Waals surface area contributed by atoms with Crippen molar-refractivity contribution in [2.45, 2.75) is 20.3 Å². The molecule has 1 heterocycles. The van der Waals surface area contributed by atoms with Gasteiger partial charge < -0.3 is 5.11 Å². The van der Waals surface area contributed by atoms with Crippen LogP contribution in [0.4, 0.5) is 0 Å². The van der Waals surface area contributed by atoms with E-state index in [1.165, 1.54) is 6.08 Å². The predicted octanol–water partition coefficient (Wildman–Crippen LogP) is 3.94. The van der Waals surface area contributed by atoms with Crippen molar-refractivity contribution in [3.05, 3.63) is 59.8 Å². The lowest BCUT2D eigenvalue weighted by Gasteiger charge is -2.06. The molecule has 2 aromatic rings. The number of pyridine rings is 1. The maximum Gasteiger partial charge on any atom is 0.328 e. The molecule has 3 heteroatoms. The molecule has 0 atom stereocenters. The zero-order valence-electron chi connectivity index (χ0n) is 11.6. The van der Waals surface area contributed by atoms with Crippen LogP contribution in [-0.4, -0.2) is 16.1 Å². The Kier molecular flexibility index (Phi) is 4.31. The molecule has 1 N–H and O–H groups in total. The van der Waals surface area contributed by atoms with E-state index in [0.29, 0.717) is 6.42 Å². The second-order valence-electron chi connectivity index (χ2n) is 4.66. The third-order valence-electron chi connectivity index (χ3n) is 3.14. The average Bonchev–Trinajstić information content (AvgIpc) is 2.46. The molecule has 0 aliphatic carbocycles. The number of carbonyl (C=O) groups is 1. The lowest BCUT2D eigenvalue weighted by atomic mass is 10.0. The SMILES string of the molecule is CC/C(=C\C(=O)O)c1ccc(-c2ccc(C)cn2)cc1. The van der Waals surface area contributed by atoms with Crippen molar-refractivity contribution in [2.24, 2.45) is 0 Å². The van der Waals surface area contributed by atoms with Crippen LogP contribution in [0.25, 0.3) is 16.8 Å². The van der Waals surface area contributed by atoms with E-state index in [0.717, 1.165) is 28.0 Å². The summed E-state index contributed by atoms with van der Waals surface area (Å²) >= 11 is 0. The van der Waals surface area contributed by atoms with Crippen LogP contribution in [0.2, 0.25) is 0 Å². The topological polar surface area (TPSA) is 50.2 Å². The molecule has 0 saturated carbocycles. The fourth-order valence-electron chi connectivity index (χ4n) is 2.03. The van der Waals surface area contributed by atoms with Gasteiger partial charge in [-0.3, -0.25) is 4.98 Å². The van der Waals surface area contributed by atoms with Crippen molar-refractivity contribution >= 4 is 11.5 Å². The third-order valence-corrected chi connectivity index (χ3v) is 3.14.